The molecule has 0 saturated heterocycles. The molecule has 2 aromatic carbocycles. The highest BCUT2D eigenvalue weighted by atomic mass is 32.1. The van der Waals surface area contributed by atoms with Crippen molar-refractivity contribution in [3.05, 3.63) is 91.4 Å². The number of benzene rings is 2. The second-order valence-electron chi connectivity index (χ2n) is 6.07. The Morgan fingerprint density at radius 3 is 2.82 bits per heavy atom. The number of rotatable bonds is 3. The summed E-state index contributed by atoms with van der Waals surface area (Å²) in [6.07, 6.45) is 1.79. The molecule has 0 N–H and O–H groups in total. The van der Waals surface area contributed by atoms with Crippen LogP contribution in [-0.2, 0) is 0 Å². The molecule has 5 rings (SSSR count). The first-order chi connectivity index (χ1) is 13.7. The number of ether oxygens (including phenoxy) is 1. The number of carbonyl (C=O) groups excluding carboxylic acids is 1. The van der Waals surface area contributed by atoms with Gasteiger partial charge in [0.2, 0.25) is 0 Å². The van der Waals surface area contributed by atoms with Crippen LogP contribution in [0.3, 0.4) is 0 Å². The van der Waals surface area contributed by atoms with Crippen LogP contribution in [0.15, 0.2) is 70.8 Å². The van der Waals surface area contributed by atoms with Crippen molar-refractivity contribution in [1.29, 1.82) is 0 Å². The second kappa shape index (κ2) is 6.70. The molecule has 0 fully saturated rings. The zero-order valence-corrected chi connectivity index (χ0v) is 16.0. The van der Waals surface area contributed by atoms with Gasteiger partial charge < -0.3 is 4.74 Å². The molecule has 3 aromatic heterocycles. The molecule has 0 aliphatic heterocycles. The Morgan fingerprint density at radius 2 is 1.96 bits per heavy atom. The van der Waals surface area contributed by atoms with Crippen molar-refractivity contribution in [3.8, 4) is 5.75 Å². The minimum Gasteiger partial charge on any atom is -0.422 e. The highest BCUT2D eigenvalue weighted by molar-refractivity contribution is 7.15. The minimum atomic E-state index is -0.391. The molecule has 0 bridgehead atoms. The van der Waals surface area contributed by atoms with Gasteiger partial charge in [0, 0.05) is 0 Å². The number of fused-ring (bicyclic) bond motifs is 3. The van der Waals surface area contributed by atoms with Gasteiger partial charge in [0.1, 0.15) is 10.6 Å². The number of imidazole rings is 1. The van der Waals surface area contributed by atoms with E-state index in [2.05, 4.69) is 4.98 Å². The van der Waals surface area contributed by atoms with Crippen LogP contribution in [0.1, 0.15) is 15.2 Å². The van der Waals surface area contributed by atoms with E-state index in [4.69, 9.17) is 4.74 Å². The number of para-hydroxylation sites is 2. The van der Waals surface area contributed by atoms with E-state index in [0.29, 0.717) is 20.1 Å². The molecule has 5 aromatic rings. The molecule has 0 radical (unpaired) electrons. The molecule has 7 heteroatoms. The van der Waals surface area contributed by atoms with Crippen molar-refractivity contribution in [2.45, 2.75) is 0 Å². The zero-order chi connectivity index (χ0) is 19.1. The van der Waals surface area contributed by atoms with Crippen molar-refractivity contribution in [2.24, 2.45) is 0 Å². The second-order valence-corrected chi connectivity index (χ2v) is 8.03. The Hall–Kier alpha value is -3.29. The Labute approximate surface area is 166 Å². The molecule has 136 valence electrons. The predicted octanol–water partition coefficient (Wildman–Crippen LogP) is 3.74. The van der Waals surface area contributed by atoms with E-state index in [1.807, 2.05) is 35.7 Å². The summed E-state index contributed by atoms with van der Waals surface area (Å²) in [4.78, 5) is 30.7. The summed E-state index contributed by atoms with van der Waals surface area (Å²) in [5.74, 6) is 0.0455. The molecule has 5 nitrogen and oxygen atoms in total. The number of thiazole rings is 1. The van der Waals surface area contributed by atoms with Gasteiger partial charge in [-0.15, -0.1) is 11.3 Å². The number of esters is 1. The molecule has 3 heterocycles. The minimum absolute atomic E-state index is 0.102. The number of hydrogen-bond donors (Lipinski definition) is 0. The summed E-state index contributed by atoms with van der Waals surface area (Å²) in [7, 11) is 0. The molecule has 0 aliphatic carbocycles. The van der Waals surface area contributed by atoms with Crippen molar-refractivity contribution >= 4 is 50.7 Å². The van der Waals surface area contributed by atoms with Gasteiger partial charge in [0.05, 0.1) is 15.6 Å². The highest BCUT2D eigenvalue weighted by Crippen LogP contribution is 2.19. The molecule has 0 amide bonds. The maximum absolute atomic E-state index is 12.8. The standard InChI is InChI=1S/C21H12N2O3S2/c24-19-18(28-21-22-15-7-1-2-8-16(15)23(19)21)12-13-5-3-6-14(11-13)26-20(25)17-9-4-10-27-17/h1-12H. The SMILES string of the molecule is O=C(Oc1cccc(C=c2sc3nc4ccccc4n3c2=O)c1)c1cccs1. The molecular formula is C21H12N2O3S2. The predicted molar refractivity (Wildman–Crippen MR) is 111 cm³/mol. The van der Waals surface area contributed by atoms with Gasteiger partial charge >= 0.3 is 5.97 Å². The van der Waals surface area contributed by atoms with Gasteiger partial charge in [-0.1, -0.05) is 41.7 Å². The molecule has 0 unspecified atom stereocenters. The fourth-order valence-corrected chi connectivity index (χ4v) is 4.57. The van der Waals surface area contributed by atoms with Gasteiger partial charge in [0.15, 0.2) is 4.96 Å². The van der Waals surface area contributed by atoms with Gasteiger partial charge in [-0.3, -0.25) is 4.79 Å². The Bertz CT molecular complexity index is 1430. The topological polar surface area (TPSA) is 60.7 Å². The van der Waals surface area contributed by atoms with E-state index in [9.17, 15) is 9.59 Å². The van der Waals surface area contributed by atoms with Gasteiger partial charge in [-0.05, 0) is 47.4 Å². The van der Waals surface area contributed by atoms with Crippen LogP contribution in [0.4, 0.5) is 0 Å². The maximum atomic E-state index is 12.8. The average molecular weight is 404 g/mol. The first-order valence-corrected chi connectivity index (χ1v) is 10.2. The first-order valence-electron chi connectivity index (χ1n) is 8.46. The van der Waals surface area contributed by atoms with Crippen LogP contribution in [-0.4, -0.2) is 15.4 Å². The van der Waals surface area contributed by atoms with E-state index < -0.39 is 5.97 Å². The monoisotopic (exact) mass is 404 g/mol. The number of aromatic nitrogens is 2. The number of thiophene rings is 1. The van der Waals surface area contributed by atoms with Crippen LogP contribution in [0.2, 0.25) is 0 Å². The highest BCUT2D eigenvalue weighted by Gasteiger charge is 2.11. The summed E-state index contributed by atoms with van der Waals surface area (Å²) in [5.41, 5.74) is 2.29. The van der Waals surface area contributed by atoms with E-state index in [-0.39, 0.29) is 5.56 Å². The Balaban J connectivity index is 1.53. The van der Waals surface area contributed by atoms with E-state index in [1.54, 1.807) is 40.8 Å². The van der Waals surface area contributed by atoms with Crippen molar-refractivity contribution in [2.75, 3.05) is 0 Å². The van der Waals surface area contributed by atoms with Crippen molar-refractivity contribution < 1.29 is 9.53 Å². The Morgan fingerprint density at radius 1 is 1.07 bits per heavy atom. The molecule has 0 atom stereocenters. The zero-order valence-electron chi connectivity index (χ0n) is 14.4. The lowest BCUT2D eigenvalue weighted by Gasteiger charge is -2.03. The lowest BCUT2D eigenvalue weighted by molar-refractivity contribution is 0.0740. The quantitative estimate of drug-likeness (QED) is 0.340. The third kappa shape index (κ3) is 2.90. The smallest absolute Gasteiger partial charge is 0.353 e. The first kappa shape index (κ1) is 16.9. The van der Waals surface area contributed by atoms with Crippen LogP contribution in [0.25, 0.3) is 22.1 Å². The molecule has 0 aliphatic rings. The van der Waals surface area contributed by atoms with Gasteiger partial charge in [-0.2, -0.15) is 0 Å². The molecular weight excluding hydrogens is 392 g/mol. The van der Waals surface area contributed by atoms with E-state index in [0.717, 1.165) is 16.6 Å². The van der Waals surface area contributed by atoms with Crippen LogP contribution < -0.4 is 14.8 Å². The largest absolute Gasteiger partial charge is 0.422 e. The van der Waals surface area contributed by atoms with E-state index in [1.165, 1.54) is 22.7 Å². The number of nitrogens with zero attached hydrogens (tertiary/aromatic N) is 2. The van der Waals surface area contributed by atoms with Gasteiger partial charge in [-0.25, -0.2) is 14.2 Å². The Kier molecular flexibility index (Phi) is 4.03. The van der Waals surface area contributed by atoms with Crippen molar-refractivity contribution in [3.63, 3.8) is 0 Å². The van der Waals surface area contributed by atoms with Crippen molar-refractivity contribution in [1.82, 2.24) is 9.38 Å². The fourth-order valence-electron chi connectivity index (χ4n) is 2.98. The summed E-state index contributed by atoms with van der Waals surface area (Å²) in [5, 5.41) is 1.83. The summed E-state index contributed by atoms with van der Waals surface area (Å²) >= 11 is 2.67. The van der Waals surface area contributed by atoms with Gasteiger partial charge in [0.25, 0.3) is 5.56 Å². The summed E-state index contributed by atoms with van der Waals surface area (Å²) in [6, 6.07) is 18.2. The lowest BCUT2D eigenvalue weighted by atomic mass is 10.2. The number of carbonyl (C=O) groups is 1. The number of hydrogen-bond acceptors (Lipinski definition) is 6. The normalized spacial score (nSPS) is 12.1. The third-order valence-corrected chi connectivity index (χ3v) is 6.05. The summed E-state index contributed by atoms with van der Waals surface area (Å²) in [6.45, 7) is 0. The lowest BCUT2D eigenvalue weighted by Crippen LogP contribution is -2.22. The van der Waals surface area contributed by atoms with Crippen LogP contribution in [0.5, 0.6) is 5.75 Å². The maximum Gasteiger partial charge on any atom is 0.353 e. The van der Waals surface area contributed by atoms with Crippen LogP contribution >= 0.6 is 22.7 Å². The van der Waals surface area contributed by atoms with E-state index >= 15 is 0 Å². The average Bonchev–Trinajstić information content (AvgIpc) is 3.40. The molecule has 0 saturated carbocycles. The summed E-state index contributed by atoms with van der Waals surface area (Å²) < 4.78 is 7.64. The molecule has 28 heavy (non-hydrogen) atoms. The third-order valence-electron chi connectivity index (χ3n) is 4.23. The fraction of sp³-hybridized carbons (Fsp3) is 0. The molecule has 0 spiro atoms. The van der Waals surface area contributed by atoms with Crippen LogP contribution in [0, 0.1) is 0 Å².